The Bertz CT molecular complexity index is 981. The first-order valence-corrected chi connectivity index (χ1v) is 7.59. The van der Waals surface area contributed by atoms with E-state index in [2.05, 4.69) is 21.8 Å². The van der Waals surface area contributed by atoms with Gasteiger partial charge in [0, 0.05) is 16.8 Å². The topological polar surface area (TPSA) is 30.7 Å². The standard InChI is InChI=1S/C18H11ClF3N3/c1-12-23-15(9-8-13-4-2-5-14(19)10-13)11-25(12)17-7-3-6-16(24-17)18(20,21)22/h2-7,10-11H,1H3. The van der Waals surface area contributed by atoms with Crippen LogP contribution in [0.3, 0.4) is 0 Å². The molecule has 0 fully saturated rings. The zero-order valence-electron chi connectivity index (χ0n) is 13.0. The maximum absolute atomic E-state index is 12.8. The van der Waals surface area contributed by atoms with Gasteiger partial charge >= 0.3 is 6.18 Å². The van der Waals surface area contributed by atoms with E-state index in [9.17, 15) is 13.2 Å². The van der Waals surface area contributed by atoms with Crippen molar-refractivity contribution < 1.29 is 13.2 Å². The van der Waals surface area contributed by atoms with Gasteiger partial charge in [0.25, 0.3) is 0 Å². The van der Waals surface area contributed by atoms with Crippen molar-refractivity contribution in [3.8, 4) is 17.7 Å². The molecule has 3 aromatic rings. The zero-order chi connectivity index (χ0) is 18.0. The van der Waals surface area contributed by atoms with Gasteiger partial charge in [0.1, 0.15) is 23.0 Å². The van der Waals surface area contributed by atoms with E-state index in [4.69, 9.17) is 11.6 Å². The molecule has 126 valence electrons. The predicted molar refractivity (Wildman–Crippen MR) is 88.5 cm³/mol. The Balaban J connectivity index is 1.94. The lowest BCUT2D eigenvalue weighted by atomic mass is 10.2. The third kappa shape index (κ3) is 4.01. The average Bonchev–Trinajstić information content (AvgIpc) is 2.93. The van der Waals surface area contributed by atoms with E-state index in [0.717, 1.165) is 11.6 Å². The smallest absolute Gasteiger partial charge is 0.287 e. The van der Waals surface area contributed by atoms with Gasteiger partial charge in [-0.2, -0.15) is 13.2 Å². The van der Waals surface area contributed by atoms with Crippen LogP contribution in [0.4, 0.5) is 13.2 Å². The molecule has 0 unspecified atom stereocenters. The van der Waals surface area contributed by atoms with Crippen molar-refractivity contribution in [2.45, 2.75) is 13.1 Å². The summed E-state index contributed by atoms with van der Waals surface area (Å²) >= 11 is 5.90. The zero-order valence-corrected chi connectivity index (χ0v) is 13.7. The number of hydrogen-bond donors (Lipinski definition) is 0. The number of halogens is 4. The number of hydrogen-bond acceptors (Lipinski definition) is 2. The Hall–Kier alpha value is -2.78. The van der Waals surface area contributed by atoms with Crippen LogP contribution < -0.4 is 0 Å². The van der Waals surface area contributed by atoms with Crippen LogP contribution in [-0.2, 0) is 6.18 Å². The maximum atomic E-state index is 12.8. The fourth-order valence-electron chi connectivity index (χ4n) is 2.18. The number of alkyl halides is 3. The molecule has 2 aromatic heterocycles. The summed E-state index contributed by atoms with van der Waals surface area (Å²) < 4.78 is 39.9. The van der Waals surface area contributed by atoms with Crippen molar-refractivity contribution in [3.05, 3.63) is 76.5 Å². The molecule has 0 amide bonds. The van der Waals surface area contributed by atoms with Gasteiger partial charge in [0.2, 0.25) is 0 Å². The molecule has 2 heterocycles. The van der Waals surface area contributed by atoms with E-state index >= 15 is 0 Å². The first-order chi connectivity index (χ1) is 11.8. The molecule has 1 aromatic carbocycles. The highest BCUT2D eigenvalue weighted by Gasteiger charge is 2.32. The van der Waals surface area contributed by atoms with Gasteiger partial charge < -0.3 is 0 Å². The van der Waals surface area contributed by atoms with Crippen molar-refractivity contribution in [3.63, 3.8) is 0 Å². The average molecular weight is 362 g/mol. The van der Waals surface area contributed by atoms with Crippen molar-refractivity contribution in [1.82, 2.24) is 14.5 Å². The molecule has 0 saturated carbocycles. The Morgan fingerprint density at radius 3 is 2.52 bits per heavy atom. The fourth-order valence-corrected chi connectivity index (χ4v) is 2.37. The number of rotatable bonds is 1. The van der Waals surface area contributed by atoms with Gasteiger partial charge in [0.05, 0.1) is 0 Å². The van der Waals surface area contributed by atoms with Crippen LogP contribution in [0.15, 0.2) is 48.7 Å². The summed E-state index contributed by atoms with van der Waals surface area (Å²) in [5, 5.41) is 0.571. The molecule has 3 nitrogen and oxygen atoms in total. The van der Waals surface area contributed by atoms with Crippen LogP contribution in [-0.4, -0.2) is 14.5 Å². The van der Waals surface area contributed by atoms with Crippen LogP contribution in [0.2, 0.25) is 5.02 Å². The van der Waals surface area contributed by atoms with Gasteiger partial charge in [-0.3, -0.25) is 4.57 Å². The molecule has 0 aliphatic rings. The Morgan fingerprint density at radius 1 is 1.04 bits per heavy atom. The molecular weight excluding hydrogens is 351 g/mol. The number of aromatic nitrogens is 3. The third-order valence-electron chi connectivity index (χ3n) is 3.31. The van der Waals surface area contributed by atoms with Crippen molar-refractivity contribution >= 4 is 11.6 Å². The van der Waals surface area contributed by atoms with E-state index in [0.29, 0.717) is 16.5 Å². The second kappa shape index (κ2) is 6.61. The van der Waals surface area contributed by atoms with E-state index in [1.54, 1.807) is 37.4 Å². The highest BCUT2D eigenvalue weighted by Crippen LogP contribution is 2.28. The van der Waals surface area contributed by atoms with Gasteiger partial charge in [-0.15, -0.1) is 0 Å². The lowest BCUT2D eigenvalue weighted by Gasteiger charge is -2.08. The Morgan fingerprint density at radius 2 is 1.80 bits per heavy atom. The number of pyridine rings is 1. The van der Waals surface area contributed by atoms with Crippen molar-refractivity contribution in [2.75, 3.05) is 0 Å². The second-order valence-corrected chi connectivity index (χ2v) is 5.62. The molecule has 0 aliphatic heterocycles. The fraction of sp³-hybridized carbons (Fsp3) is 0.111. The summed E-state index contributed by atoms with van der Waals surface area (Å²) in [4.78, 5) is 7.90. The highest BCUT2D eigenvalue weighted by molar-refractivity contribution is 6.30. The normalized spacial score (nSPS) is 11.1. The molecule has 0 saturated heterocycles. The SMILES string of the molecule is Cc1nc(C#Cc2cccc(Cl)c2)cn1-c1cccc(C(F)(F)F)n1. The minimum absolute atomic E-state index is 0.135. The first kappa shape index (κ1) is 17.1. The van der Waals surface area contributed by atoms with E-state index in [-0.39, 0.29) is 5.82 Å². The summed E-state index contributed by atoms with van der Waals surface area (Å²) in [6, 6.07) is 10.8. The van der Waals surface area contributed by atoms with Crippen LogP contribution in [0.1, 0.15) is 22.8 Å². The molecule has 0 bridgehead atoms. The van der Waals surface area contributed by atoms with Crippen LogP contribution in [0.25, 0.3) is 5.82 Å². The minimum Gasteiger partial charge on any atom is -0.287 e. The third-order valence-corrected chi connectivity index (χ3v) is 3.55. The summed E-state index contributed by atoms with van der Waals surface area (Å²) in [7, 11) is 0. The summed E-state index contributed by atoms with van der Waals surface area (Å²) in [6.07, 6.45) is -2.95. The van der Waals surface area contributed by atoms with Crippen LogP contribution in [0, 0.1) is 18.8 Å². The van der Waals surface area contributed by atoms with Gasteiger partial charge in [-0.05, 0) is 43.2 Å². The van der Waals surface area contributed by atoms with E-state index in [1.807, 2.05) is 0 Å². The molecule has 0 aliphatic carbocycles. The maximum Gasteiger partial charge on any atom is 0.433 e. The van der Waals surface area contributed by atoms with Gasteiger partial charge in [-0.1, -0.05) is 29.7 Å². The molecule has 0 spiro atoms. The van der Waals surface area contributed by atoms with Gasteiger partial charge in [-0.25, -0.2) is 9.97 Å². The summed E-state index contributed by atoms with van der Waals surface area (Å²) in [5.41, 5.74) is 0.193. The quantitative estimate of drug-likeness (QED) is 0.591. The predicted octanol–water partition coefficient (Wildman–Crippen LogP) is 4.65. The lowest BCUT2D eigenvalue weighted by molar-refractivity contribution is -0.141. The molecule has 7 heteroatoms. The minimum atomic E-state index is -4.50. The van der Waals surface area contributed by atoms with Crippen LogP contribution >= 0.6 is 11.6 Å². The lowest BCUT2D eigenvalue weighted by Crippen LogP contribution is -2.10. The van der Waals surface area contributed by atoms with Crippen molar-refractivity contribution in [2.24, 2.45) is 0 Å². The molecular formula is C18H11ClF3N3. The van der Waals surface area contributed by atoms with Gasteiger partial charge in [0.15, 0.2) is 0 Å². The summed E-state index contributed by atoms with van der Waals surface area (Å²) in [6.45, 7) is 1.67. The first-order valence-electron chi connectivity index (χ1n) is 7.21. The number of nitrogens with zero attached hydrogens (tertiary/aromatic N) is 3. The second-order valence-electron chi connectivity index (χ2n) is 5.18. The molecule has 0 N–H and O–H groups in total. The molecule has 3 rings (SSSR count). The number of benzene rings is 1. The van der Waals surface area contributed by atoms with E-state index in [1.165, 1.54) is 16.7 Å². The molecule has 25 heavy (non-hydrogen) atoms. The molecule has 0 atom stereocenters. The van der Waals surface area contributed by atoms with E-state index < -0.39 is 11.9 Å². The number of aryl methyl sites for hydroxylation is 1. The monoisotopic (exact) mass is 361 g/mol. The Labute approximate surface area is 147 Å². The van der Waals surface area contributed by atoms with Crippen LogP contribution in [0.5, 0.6) is 0 Å². The van der Waals surface area contributed by atoms with Crippen molar-refractivity contribution in [1.29, 1.82) is 0 Å². The Kier molecular flexibility index (Phi) is 4.51. The number of imidazole rings is 1. The summed E-state index contributed by atoms with van der Waals surface area (Å²) in [5.74, 6) is 6.42. The highest BCUT2D eigenvalue weighted by atomic mass is 35.5. The largest absolute Gasteiger partial charge is 0.433 e. The molecule has 0 radical (unpaired) electrons.